The van der Waals surface area contributed by atoms with Crippen molar-refractivity contribution in [2.45, 2.75) is 12.8 Å². The predicted octanol–water partition coefficient (Wildman–Crippen LogP) is 2.97. The van der Waals surface area contributed by atoms with Crippen LogP contribution in [0.1, 0.15) is 22.3 Å². The molecule has 0 saturated heterocycles. The van der Waals surface area contributed by atoms with E-state index in [2.05, 4.69) is 5.32 Å². The molecule has 0 saturated carbocycles. The number of para-hydroxylation sites is 1. The first kappa shape index (κ1) is 14.3. The number of nitrogens with one attached hydrogen (secondary N) is 1. The highest BCUT2D eigenvalue weighted by atomic mass is 19.1. The first-order valence-corrected chi connectivity index (χ1v) is 6.97. The molecule has 5 heteroatoms. The third-order valence-electron chi connectivity index (χ3n) is 3.54. The number of anilines is 1. The van der Waals surface area contributed by atoms with Crippen LogP contribution in [0, 0.1) is 5.82 Å². The Balaban J connectivity index is 1.65. The maximum Gasteiger partial charge on any atom is 0.262 e. The fourth-order valence-corrected chi connectivity index (χ4v) is 2.49. The van der Waals surface area contributed by atoms with E-state index in [9.17, 15) is 14.0 Å². The fraction of sp³-hybridized carbons (Fsp3) is 0.176. The molecule has 2 aromatic rings. The number of Topliss-reactive ketones (excluding diaryl/α,β-unsaturated/α-hetero) is 1. The van der Waals surface area contributed by atoms with Gasteiger partial charge in [0.05, 0.1) is 5.69 Å². The molecule has 0 unspecified atom stereocenters. The maximum atomic E-state index is 13.4. The first-order valence-electron chi connectivity index (χ1n) is 6.97. The predicted molar refractivity (Wildman–Crippen MR) is 79.6 cm³/mol. The lowest BCUT2D eigenvalue weighted by Gasteiger charge is -2.11. The molecule has 3 rings (SSSR count). The van der Waals surface area contributed by atoms with Gasteiger partial charge in [-0.15, -0.1) is 0 Å². The van der Waals surface area contributed by atoms with Crippen molar-refractivity contribution in [1.29, 1.82) is 0 Å². The van der Waals surface area contributed by atoms with Gasteiger partial charge in [-0.2, -0.15) is 0 Å². The number of carbonyl (C=O) groups excluding carboxylic acids is 2. The molecule has 0 radical (unpaired) electrons. The van der Waals surface area contributed by atoms with Gasteiger partial charge in [0.1, 0.15) is 11.6 Å². The summed E-state index contributed by atoms with van der Waals surface area (Å²) in [5, 5.41) is 2.45. The minimum Gasteiger partial charge on any atom is -0.483 e. The molecule has 1 amide bonds. The Morgan fingerprint density at radius 3 is 2.77 bits per heavy atom. The lowest BCUT2D eigenvalue weighted by atomic mass is 10.1. The molecule has 1 N–H and O–H groups in total. The summed E-state index contributed by atoms with van der Waals surface area (Å²) < 4.78 is 18.9. The number of amides is 1. The van der Waals surface area contributed by atoms with E-state index in [1.807, 2.05) is 0 Å². The quantitative estimate of drug-likeness (QED) is 0.944. The normalized spacial score (nSPS) is 12.9. The molecular weight excluding hydrogens is 285 g/mol. The molecule has 0 atom stereocenters. The van der Waals surface area contributed by atoms with Crippen LogP contribution in [0.25, 0.3) is 0 Å². The molecule has 22 heavy (non-hydrogen) atoms. The Morgan fingerprint density at radius 1 is 1.14 bits per heavy atom. The molecule has 1 aliphatic rings. The Kier molecular flexibility index (Phi) is 3.87. The SMILES string of the molecule is O=C(COc1cccc2c1CCC2=O)Nc1ccccc1F. The molecule has 4 nitrogen and oxygen atoms in total. The highest BCUT2D eigenvalue weighted by Crippen LogP contribution is 2.30. The molecule has 0 heterocycles. The number of halogens is 1. The second-order valence-corrected chi connectivity index (χ2v) is 5.02. The van der Waals surface area contributed by atoms with Gasteiger partial charge in [-0.1, -0.05) is 24.3 Å². The Labute approximate surface area is 126 Å². The molecule has 0 spiro atoms. The number of fused-ring (bicyclic) bond motifs is 1. The van der Waals surface area contributed by atoms with Gasteiger partial charge in [-0.25, -0.2) is 4.39 Å². The van der Waals surface area contributed by atoms with Crippen LogP contribution in [0.5, 0.6) is 5.75 Å². The summed E-state index contributed by atoms with van der Waals surface area (Å²) in [5.41, 5.74) is 1.61. The molecule has 0 bridgehead atoms. The van der Waals surface area contributed by atoms with E-state index in [1.165, 1.54) is 12.1 Å². The van der Waals surface area contributed by atoms with E-state index in [1.54, 1.807) is 30.3 Å². The van der Waals surface area contributed by atoms with Crippen molar-refractivity contribution in [2.75, 3.05) is 11.9 Å². The smallest absolute Gasteiger partial charge is 0.262 e. The van der Waals surface area contributed by atoms with Crippen molar-refractivity contribution in [3.63, 3.8) is 0 Å². The molecular formula is C17H14FNO3. The summed E-state index contributed by atoms with van der Waals surface area (Å²) in [6.07, 6.45) is 1.09. The van der Waals surface area contributed by atoms with Gasteiger partial charge in [-0.05, 0) is 24.6 Å². The van der Waals surface area contributed by atoms with Crippen molar-refractivity contribution in [3.8, 4) is 5.75 Å². The average molecular weight is 299 g/mol. The third-order valence-corrected chi connectivity index (χ3v) is 3.54. The first-order chi connectivity index (χ1) is 10.6. The number of rotatable bonds is 4. The van der Waals surface area contributed by atoms with Crippen molar-refractivity contribution < 1.29 is 18.7 Å². The average Bonchev–Trinajstić information content (AvgIpc) is 2.90. The van der Waals surface area contributed by atoms with Crippen LogP contribution in [-0.2, 0) is 11.2 Å². The van der Waals surface area contributed by atoms with Gasteiger partial charge in [0.25, 0.3) is 5.91 Å². The standard InChI is InChI=1S/C17H14FNO3/c18-13-5-1-2-6-14(13)19-17(21)10-22-16-7-3-4-11-12(16)8-9-15(11)20/h1-7H,8-10H2,(H,19,21). The summed E-state index contributed by atoms with van der Waals surface area (Å²) in [6.45, 7) is -0.237. The Morgan fingerprint density at radius 2 is 1.95 bits per heavy atom. The van der Waals surface area contributed by atoms with Crippen LogP contribution < -0.4 is 10.1 Å². The Hall–Kier alpha value is -2.69. The zero-order chi connectivity index (χ0) is 15.5. The van der Waals surface area contributed by atoms with Gasteiger partial charge in [0.15, 0.2) is 12.4 Å². The third kappa shape index (κ3) is 2.83. The van der Waals surface area contributed by atoms with Crippen LogP contribution >= 0.6 is 0 Å². The fourth-order valence-electron chi connectivity index (χ4n) is 2.49. The number of benzene rings is 2. The van der Waals surface area contributed by atoms with Gasteiger partial charge >= 0.3 is 0 Å². The highest BCUT2D eigenvalue weighted by Gasteiger charge is 2.22. The number of hydrogen-bond acceptors (Lipinski definition) is 3. The molecule has 0 aromatic heterocycles. The highest BCUT2D eigenvalue weighted by molar-refractivity contribution is 6.01. The number of carbonyl (C=O) groups is 2. The largest absolute Gasteiger partial charge is 0.483 e. The van der Waals surface area contributed by atoms with Crippen molar-refractivity contribution in [1.82, 2.24) is 0 Å². The summed E-state index contributed by atoms with van der Waals surface area (Å²) in [4.78, 5) is 23.5. The zero-order valence-corrected chi connectivity index (χ0v) is 11.8. The molecule has 0 fully saturated rings. The summed E-state index contributed by atoms with van der Waals surface area (Å²) >= 11 is 0. The van der Waals surface area contributed by atoms with Crippen molar-refractivity contribution in [3.05, 3.63) is 59.4 Å². The zero-order valence-electron chi connectivity index (χ0n) is 11.8. The summed E-state index contributed by atoms with van der Waals surface area (Å²) in [7, 11) is 0. The lowest BCUT2D eigenvalue weighted by molar-refractivity contribution is -0.118. The van der Waals surface area contributed by atoms with E-state index in [-0.39, 0.29) is 18.1 Å². The van der Waals surface area contributed by atoms with E-state index in [0.717, 1.165) is 5.56 Å². The van der Waals surface area contributed by atoms with E-state index in [4.69, 9.17) is 4.74 Å². The number of ketones is 1. The van der Waals surface area contributed by atoms with E-state index < -0.39 is 11.7 Å². The number of ether oxygens (including phenoxy) is 1. The van der Waals surface area contributed by atoms with Crippen LogP contribution in [0.3, 0.4) is 0 Å². The monoisotopic (exact) mass is 299 g/mol. The minimum atomic E-state index is -0.498. The maximum absolute atomic E-state index is 13.4. The van der Waals surface area contributed by atoms with Crippen LogP contribution in [0.4, 0.5) is 10.1 Å². The van der Waals surface area contributed by atoms with E-state index >= 15 is 0 Å². The van der Waals surface area contributed by atoms with Gasteiger partial charge < -0.3 is 10.1 Å². The molecule has 112 valence electrons. The topological polar surface area (TPSA) is 55.4 Å². The van der Waals surface area contributed by atoms with Crippen LogP contribution in [-0.4, -0.2) is 18.3 Å². The molecule has 1 aliphatic carbocycles. The summed E-state index contributed by atoms with van der Waals surface area (Å²) in [5.74, 6) is -0.322. The lowest BCUT2D eigenvalue weighted by Crippen LogP contribution is -2.21. The van der Waals surface area contributed by atoms with Crippen molar-refractivity contribution >= 4 is 17.4 Å². The molecule has 0 aliphatic heterocycles. The number of hydrogen-bond donors (Lipinski definition) is 1. The van der Waals surface area contributed by atoms with E-state index in [0.29, 0.717) is 24.2 Å². The van der Waals surface area contributed by atoms with Gasteiger partial charge in [0, 0.05) is 17.5 Å². The van der Waals surface area contributed by atoms with Crippen LogP contribution in [0.2, 0.25) is 0 Å². The second-order valence-electron chi connectivity index (χ2n) is 5.02. The van der Waals surface area contributed by atoms with Crippen molar-refractivity contribution in [2.24, 2.45) is 0 Å². The van der Waals surface area contributed by atoms with Crippen LogP contribution in [0.15, 0.2) is 42.5 Å². The second kappa shape index (κ2) is 5.97. The minimum absolute atomic E-state index is 0.0938. The summed E-state index contributed by atoms with van der Waals surface area (Å²) in [6, 6.07) is 11.1. The molecule has 2 aromatic carbocycles. The Bertz CT molecular complexity index is 742. The van der Waals surface area contributed by atoms with Gasteiger partial charge in [-0.3, -0.25) is 9.59 Å². The van der Waals surface area contributed by atoms with Gasteiger partial charge in [0.2, 0.25) is 0 Å².